The summed E-state index contributed by atoms with van der Waals surface area (Å²) in [5.74, 6) is 0. The van der Waals surface area contributed by atoms with Crippen LogP contribution in [0.5, 0.6) is 0 Å². The van der Waals surface area contributed by atoms with Crippen LogP contribution in [0.3, 0.4) is 0 Å². The molecule has 0 bridgehead atoms. The topological polar surface area (TPSA) is 0 Å². The summed E-state index contributed by atoms with van der Waals surface area (Å²) in [5.41, 5.74) is 3.57. The molecule has 0 unspecified atom stereocenters. The average molecular weight is 344 g/mol. The van der Waals surface area contributed by atoms with Gasteiger partial charge in [-0.1, -0.05) is 65.7 Å². The molecule has 0 saturated heterocycles. The van der Waals surface area contributed by atoms with Gasteiger partial charge in [0.2, 0.25) is 0 Å². The van der Waals surface area contributed by atoms with Crippen molar-refractivity contribution in [1.82, 2.24) is 0 Å². The number of hydrogen-bond donors (Lipinski definition) is 0. The third-order valence-electron chi connectivity index (χ3n) is 5.99. The maximum atomic E-state index is 1.61. The van der Waals surface area contributed by atoms with Crippen molar-refractivity contribution in [3.05, 3.63) is 0 Å². The molecule has 0 heterocycles. The minimum Gasteiger partial charge on any atom is -0.0971 e. The van der Waals surface area contributed by atoms with E-state index < -0.39 is 0 Å². The van der Waals surface area contributed by atoms with Gasteiger partial charge < -0.3 is 0 Å². The van der Waals surface area contributed by atoms with Crippen LogP contribution in [0.25, 0.3) is 0 Å². The van der Waals surface area contributed by atoms with Gasteiger partial charge in [0.05, 0.1) is 0 Å². The first kappa shape index (κ1) is 17.3. The van der Waals surface area contributed by atoms with Gasteiger partial charge in [0.1, 0.15) is 0 Å². The van der Waals surface area contributed by atoms with Crippen molar-refractivity contribution in [3.8, 4) is 0 Å². The summed E-state index contributed by atoms with van der Waals surface area (Å²) in [5, 5.41) is 0. The molecule has 3 rings (SSSR count). The standard InChI is InChI=1S/C18H33P.Cu/c1-4-10-16(11-5-1)19(17-12-6-2-7-13-17)18-14-8-3-9-15-18;/h16-18H,1-15H2;. The summed E-state index contributed by atoms with van der Waals surface area (Å²) in [6.07, 6.45) is 23.6. The zero-order chi connectivity index (χ0) is 12.9. The molecule has 3 saturated carbocycles. The molecule has 0 aromatic heterocycles. The van der Waals surface area contributed by atoms with Crippen molar-refractivity contribution in [2.75, 3.05) is 0 Å². The minimum atomic E-state index is 0. The Balaban J connectivity index is 0.00000147. The average Bonchev–Trinajstić information content (AvgIpc) is 2.51. The zero-order valence-corrected chi connectivity index (χ0v) is 14.9. The molecule has 0 aliphatic heterocycles. The third kappa shape index (κ3) is 4.47. The molecule has 0 amide bonds. The van der Waals surface area contributed by atoms with Gasteiger partial charge in [0, 0.05) is 17.1 Å². The van der Waals surface area contributed by atoms with Crippen LogP contribution < -0.4 is 0 Å². The fraction of sp³-hybridized carbons (Fsp3) is 1.00. The first-order valence-corrected chi connectivity index (χ1v) is 10.8. The van der Waals surface area contributed by atoms with Crippen LogP contribution in [0, 0.1) is 0 Å². The fourth-order valence-corrected chi connectivity index (χ4v) is 9.71. The molecule has 3 aliphatic rings. The summed E-state index contributed by atoms with van der Waals surface area (Å²) in [4.78, 5) is 0. The summed E-state index contributed by atoms with van der Waals surface area (Å²) >= 11 is 0. The smallest absolute Gasteiger partial charge is 0 e. The van der Waals surface area contributed by atoms with E-state index in [0.29, 0.717) is 7.92 Å². The van der Waals surface area contributed by atoms with Gasteiger partial charge in [0.15, 0.2) is 0 Å². The zero-order valence-electron chi connectivity index (χ0n) is 13.1. The van der Waals surface area contributed by atoms with Crippen molar-refractivity contribution in [1.29, 1.82) is 0 Å². The molecule has 0 N–H and O–H groups in total. The van der Waals surface area contributed by atoms with Gasteiger partial charge in [-0.25, -0.2) is 0 Å². The summed E-state index contributed by atoms with van der Waals surface area (Å²) < 4.78 is 0. The first-order chi connectivity index (χ1) is 9.45. The summed E-state index contributed by atoms with van der Waals surface area (Å²) in [6, 6.07) is 0. The number of rotatable bonds is 3. The molecule has 1 radical (unpaired) electrons. The molecule has 121 valence electrons. The van der Waals surface area contributed by atoms with Crippen LogP contribution in [0.2, 0.25) is 0 Å². The predicted molar refractivity (Wildman–Crippen MR) is 87.5 cm³/mol. The Morgan fingerprint density at radius 1 is 0.400 bits per heavy atom. The van der Waals surface area contributed by atoms with Crippen molar-refractivity contribution < 1.29 is 17.1 Å². The predicted octanol–water partition coefficient (Wildman–Crippen LogP) is 6.46. The molecule has 2 heteroatoms. The van der Waals surface area contributed by atoms with Crippen LogP contribution in [-0.2, 0) is 17.1 Å². The first-order valence-electron chi connectivity index (χ1n) is 9.22. The van der Waals surface area contributed by atoms with Crippen molar-refractivity contribution >= 4 is 7.92 Å². The van der Waals surface area contributed by atoms with Crippen LogP contribution in [0.4, 0.5) is 0 Å². The second kappa shape index (κ2) is 9.17. The van der Waals surface area contributed by atoms with Gasteiger partial charge >= 0.3 is 0 Å². The Bertz CT molecular complexity index is 207. The molecule has 0 spiro atoms. The van der Waals surface area contributed by atoms with Gasteiger partial charge in [0.25, 0.3) is 0 Å². The Kier molecular flexibility index (Phi) is 7.93. The SMILES string of the molecule is C1CCC(P(C2CCCCC2)C2CCCCC2)CC1.[Cu]. The largest absolute Gasteiger partial charge is 0.0971 e. The Morgan fingerprint density at radius 3 is 0.900 bits per heavy atom. The minimum absolute atomic E-state index is 0. The van der Waals surface area contributed by atoms with Crippen LogP contribution in [0.1, 0.15) is 96.3 Å². The molecular formula is C18H33CuP. The van der Waals surface area contributed by atoms with Gasteiger partial charge in [-0.2, -0.15) is 0 Å². The second-order valence-electron chi connectivity index (χ2n) is 7.32. The number of hydrogen-bond acceptors (Lipinski definition) is 0. The van der Waals surface area contributed by atoms with E-state index in [1.165, 1.54) is 36.2 Å². The van der Waals surface area contributed by atoms with E-state index in [9.17, 15) is 0 Å². The Hall–Kier alpha value is 0.949. The molecule has 0 aromatic rings. The van der Waals surface area contributed by atoms with E-state index in [1.54, 1.807) is 77.0 Å². The van der Waals surface area contributed by atoms with E-state index in [2.05, 4.69) is 0 Å². The van der Waals surface area contributed by atoms with E-state index in [4.69, 9.17) is 0 Å². The monoisotopic (exact) mass is 343 g/mol. The molecule has 3 aliphatic carbocycles. The maximum Gasteiger partial charge on any atom is 0 e. The van der Waals surface area contributed by atoms with Crippen molar-refractivity contribution in [3.63, 3.8) is 0 Å². The van der Waals surface area contributed by atoms with Gasteiger partial charge in [-0.3, -0.25) is 0 Å². The summed E-state index contributed by atoms with van der Waals surface area (Å²) in [6.45, 7) is 0. The second-order valence-corrected chi connectivity index (χ2v) is 10.4. The quantitative estimate of drug-likeness (QED) is 0.407. The van der Waals surface area contributed by atoms with Gasteiger partial charge in [-0.05, 0) is 55.5 Å². The Labute approximate surface area is 138 Å². The molecule has 20 heavy (non-hydrogen) atoms. The van der Waals surface area contributed by atoms with Crippen molar-refractivity contribution in [2.24, 2.45) is 0 Å². The van der Waals surface area contributed by atoms with E-state index in [0.717, 1.165) is 0 Å². The van der Waals surface area contributed by atoms with Crippen LogP contribution in [-0.4, -0.2) is 17.0 Å². The fourth-order valence-electron chi connectivity index (χ4n) is 5.03. The van der Waals surface area contributed by atoms with E-state index in [-0.39, 0.29) is 17.1 Å². The van der Waals surface area contributed by atoms with Crippen molar-refractivity contribution in [2.45, 2.75) is 113 Å². The molecule has 0 aromatic carbocycles. The van der Waals surface area contributed by atoms with E-state index >= 15 is 0 Å². The van der Waals surface area contributed by atoms with Gasteiger partial charge in [-0.15, -0.1) is 0 Å². The molecular weight excluding hydrogens is 311 g/mol. The molecule has 0 nitrogen and oxygen atoms in total. The normalized spacial score (nSPS) is 27.4. The van der Waals surface area contributed by atoms with Crippen LogP contribution in [0.15, 0.2) is 0 Å². The van der Waals surface area contributed by atoms with E-state index in [1.807, 2.05) is 0 Å². The van der Waals surface area contributed by atoms with Crippen LogP contribution >= 0.6 is 7.92 Å². The molecule has 0 atom stereocenters. The third-order valence-corrected chi connectivity index (χ3v) is 10.1. The maximum absolute atomic E-state index is 1.61. The summed E-state index contributed by atoms with van der Waals surface area (Å²) in [7, 11) is 0.385. The Morgan fingerprint density at radius 2 is 0.650 bits per heavy atom. The molecule has 3 fully saturated rings.